The highest BCUT2D eigenvalue weighted by Gasteiger charge is 2.27. The van der Waals surface area contributed by atoms with Crippen LogP contribution in [0.4, 0.5) is 0 Å². The molecule has 0 rings (SSSR count). The van der Waals surface area contributed by atoms with E-state index in [0.717, 1.165) is 12.8 Å². The van der Waals surface area contributed by atoms with Crippen LogP contribution in [0, 0.1) is 5.41 Å². The second-order valence-electron chi connectivity index (χ2n) is 5.44. The Morgan fingerprint density at radius 2 is 1.87 bits per heavy atom. The lowest BCUT2D eigenvalue weighted by atomic mass is 9.86. The summed E-state index contributed by atoms with van der Waals surface area (Å²) in [5.41, 5.74) is 5.91. The zero-order valence-electron chi connectivity index (χ0n) is 11.0. The molecule has 0 aromatic rings. The van der Waals surface area contributed by atoms with Gasteiger partial charge in [-0.1, -0.05) is 39.9 Å². The van der Waals surface area contributed by atoms with E-state index in [1.165, 1.54) is 0 Å². The Labute approximate surface area is 100 Å². The molecule has 0 bridgehead atoms. The second-order valence-corrected chi connectivity index (χ2v) is 5.96. The highest BCUT2D eigenvalue weighted by molar-refractivity contribution is 7.80. The summed E-state index contributed by atoms with van der Waals surface area (Å²) in [6, 6.07) is 0.994. The molecule has 0 saturated heterocycles. The Morgan fingerprint density at radius 3 is 2.13 bits per heavy atom. The van der Waals surface area contributed by atoms with Crippen molar-refractivity contribution >= 4 is 17.2 Å². The topological polar surface area (TPSA) is 29.3 Å². The second kappa shape index (κ2) is 5.80. The largest absolute Gasteiger partial charge is 0.393 e. The summed E-state index contributed by atoms with van der Waals surface area (Å²) in [7, 11) is 2.17. The summed E-state index contributed by atoms with van der Waals surface area (Å²) >= 11 is 4.99. The average molecular weight is 230 g/mol. The number of hydrogen-bond donors (Lipinski definition) is 1. The molecule has 0 heterocycles. The minimum Gasteiger partial charge on any atom is -0.393 e. The van der Waals surface area contributed by atoms with Crippen molar-refractivity contribution < 1.29 is 0 Å². The zero-order chi connectivity index (χ0) is 12.2. The standard InChI is InChI=1S/C12H26N2S/c1-7-10(8-11(13)15)14(6)9(2)12(3,4)5/h9-10H,7-8H2,1-6H3,(H2,13,15). The molecule has 0 aliphatic carbocycles. The van der Waals surface area contributed by atoms with Gasteiger partial charge in [-0.25, -0.2) is 0 Å². The Balaban J connectivity index is 4.50. The molecule has 15 heavy (non-hydrogen) atoms. The molecule has 0 radical (unpaired) electrons. The summed E-state index contributed by atoms with van der Waals surface area (Å²) < 4.78 is 0. The molecule has 0 amide bonds. The minimum absolute atomic E-state index is 0.290. The summed E-state index contributed by atoms with van der Waals surface area (Å²) in [4.78, 5) is 3.02. The van der Waals surface area contributed by atoms with Crippen molar-refractivity contribution in [3.63, 3.8) is 0 Å². The van der Waals surface area contributed by atoms with Crippen molar-refractivity contribution in [2.75, 3.05) is 7.05 Å². The lowest BCUT2D eigenvalue weighted by Gasteiger charge is -2.40. The van der Waals surface area contributed by atoms with Gasteiger partial charge in [0, 0.05) is 18.5 Å². The van der Waals surface area contributed by atoms with Crippen LogP contribution >= 0.6 is 12.2 Å². The fraction of sp³-hybridized carbons (Fsp3) is 0.917. The predicted molar refractivity (Wildman–Crippen MR) is 72.2 cm³/mol. The van der Waals surface area contributed by atoms with E-state index in [4.69, 9.17) is 18.0 Å². The van der Waals surface area contributed by atoms with Crippen molar-refractivity contribution in [1.29, 1.82) is 0 Å². The summed E-state index contributed by atoms with van der Waals surface area (Å²) in [6.07, 6.45) is 1.91. The Hall–Kier alpha value is -0.150. The van der Waals surface area contributed by atoms with Crippen molar-refractivity contribution in [3.8, 4) is 0 Å². The van der Waals surface area contributed by atoms with Gasteiger partial charge < -0.3 is 5.73 Å². The smallest absolute Gasteiger partial charge is 0.0743 e. The summed E-state index contributed by atoms with van der Waals surface area (Å²) in [5, 5.41) is 0. The maximum atomic E-state index is 5.62. The minimum atomic E-state index is 0.290. The van der Waals surface area contributed by atoms with E-state index in [-0.39, 0.29) is 0 Å². The Bertz CT molecular complexity index is 208. The highest BCUT2D eigenvalue weighted by Crippen LogP contribution is 2.25. The lowest BCUT2D eigenvalue weighted by molar-refractivity contribution is 0.0978. The van der Waals surface area contributed by atoms with Crippen LogP contribution in [0.3, 0.4) is 0 Å². The first kappa shape index (κ1) is 14.8. The first-order chi connectivity index (χ1) is 6.70. The van der Waals surface area contributed by atoms with E-state index in [2.05, 4.69) is 46.6 Å². The van der Waals surface area contributed by atoms with Gasteiger partial charge in [-0.05, 0) is 25.8 Å². The van der Waals surface area contributed by atoms with Gasteiger partial charge in [0.1, 0.15) is 0 Å². The molecule has 0 saturated carbocycles. The Morgan fingerprint density at radius 1 is 1.40 bits per heavy atom. The molecule has 0 spiro atoms. The molecular weight excluding hydrogens is 204 g/mol. The third-order valence-electron chi connectivity index (χ3n) is 3.35. The fourth-order valence-corrected chi connectivity index (χ4v) is 1.93. The first-order valence-corrected chi connectivity index (χ1v) is 6.11. The molecule has 0 fully saturated rings. The van der Waals surface area contributed by atoms with Gasteiger partial charge in [0.25, 0.3) is 0 Å². The van der Waals surface area contributed by atoms with Crippen LogP contribution in [0.5, 0.6) is 0 Å². The lowest BCUT2D eigenvalue weighted by Crippen LogP contribution is -2.46. The normalized spacial score (nSPS) is 16.5. The van der Waals surface area contributed by atoms with Crippen LogP contribution in [-0.2, 0) is 0 Å². The zero-order valence-corrected chi connectivity index (χ0v) is 11.8. The molecule has 90 valence electrons. The number of nitrogens with two attached hydrogens (primary N) is 1. The summed E-state index contributed by atoms with van der Waals surface area (Å²) in [5.74, 6) is 0. The molecule has 2 N–H and O–H groups in total. The van der Waals surface area contributed by atoms with Gasteiger partial charge in [0.2, 0.25) is 0 Å². The third kappa shape index (κ3) is 4.94. The van der Waals surface area contributed by atoms with E-state index in [9.17, 15) is 0 Å². The Kier molecular flexibility index (Phi) is 5.75. The first-order valence-electron chi connectivity index (χ1n) is 5.70. The maximum absolute atomic E-state index is 5.62. The number of hydrogen-bond acceptors (Lipinski definition) is 2. The molecule has 0 aliphatic rings. The van der Waals surface area contributed by atoms with E-state index in [1.807, 2.05) is 0 Å². The van der Waals surface area contributed by atoms with E-state index in [1.54, 1.807) is 0 Å². The number of nitrogens with zero attached hydrogens (tertiary/aromatic N) is 1. The number of thiocarbonyl (C=S) groups is 1. The monoisotopic (exact) mass is 230 g/mol. The average Bonchev–Trinajstić information content (AvgIpc) is 2.10. The molecule has 0 aromatic heterocycles. The van der Waals surface area contributed by atoms with Gasteiger partial charge in [-0.3, -0.25) is 4.90 Å². The van der Waals surface area contributed by atoms with E-state index < -0.39 is 0 Å². The van der Waals surface area contributed by atoms with Crippen LogP contribution in [-0.4, -0.2) is 29.0 Å². The molecule has 2 nitrogen and oxygen atoms in total. The molecule has 2 unspecified atom stereocenters. The molecule has 0 aromatic carbocycles. The van der Waals surface area contributed by atoms with Gasteiger partial charge >= 0.3 is 0 Å². The molecule has 3 heteroatoms. The molecule has 0 aliphatic heterocycles. The molecular formula is C12H26N2S. The number of rotatable bonds is 5. The van der Waals surface area contributed by atoms with Crippen LogP contribution in [0.1, 0.15) is 47.5 Å². The SMILES string of the molecule is CCC(CC(N)=S)N(C)C(C)C(C)(C)C. The van der Waals surface area contributed by atoms with E-state index in [0.29, 0.717) is 22.5 Å². The van der Waals surface area contributed by atoms with Gasteiger partial charge in [0.05, 0.1) is 4.99 Å². The maximum Gasteiger partial charge on any atom is 0.0743 e. The van der Waals surface area contributed by atoms with Crippen molar-refractivity contribution in [1.82, 2.24) is 4.90 Å². The predicted octanol–water partition coefficient (Wildman–Crippen LogP) is 2.81. The van der Waals surface area contributed by atoms with Crippen molar-refractivity contribution in [3.05, 3.63) is 0 Å². The van der Waals surface area contributed by atoms with Crippen LogP contribution < -0.4 is 5.73 Å². The van der Waals surface area contributed by atoms with E-state index >= 15 is 0 Å². The van der Waals surface area contributed by atoms with Crippen LogP contribution in [0.2, 0.25) is 0 Å². The fourth-order valence-electron chi connectivity index (χ4n) is 1.74. The third-order valence-corrected chi connectivity index (χ3v) is 3.51. The van der Waals surface area contributed by atoms with Gasteiger partial charge in [-0.2, -0.15) is 0 Å². The summed E-state index contributed by atoms with van der Waals surface area (Å²) in [6.45, 7) is 11.3. The van der Waals surface area contributed by atoms with Gasteiger partial charge in [0.15, 0.2) is 0 Å². The van der Waals surface area contributed by atoms with Crippen LogP contribution in [0.15, 0.2) is 0 Å². The quantitative estimate of drug-likeness (QED) is 0.736. The molecule has 2 atom stereocenters. The highest BCUT2D eigenvalue weighted by atomic mass is 32.1. The van der Waals surface area contributed by atoms with Crippen molar-refractivity contribution in [2.45, 2.75) is 59.5 Å². The van der Waals surface area contributed by atoms with Gasteiger partial charge in [-0.15, -0.1) is 0 Å². The van der Waals surface area contributed by atoms with Crippen LogP contribution in [0.25, 0.3) is 0 Å². The van der Waals surface area contributed by atoms with Crippen molar-refractivity contribution in [2.24, 2.45) is 11.1 Å².